The van der Waals surface area contributed by atoms with Gasteiger partial charge in [-0.1, -0.05) is 0 Å². The molecular weight excluding hydrogens is 238 g/mol. The van der Waals surface area contributed by atoms with Crippen molar-refractivity contribution >= 4 is 5.91 Å². The molecule has 0 saturated heterocycles. The highest BCUT2D eigenvalue weighted by atomic mass is 16.1. The number of carbonyl (C=O) groups excluding carboxylic acids is 1. The molecule has 1 unspecified atom stereocenters. The van der Waals surface area contributed by atoms with Crippen molar-refractivity contribution in [1.82, 2.24) is 10.2 Å². The zero-order chi connectivity index (χ0) is 13.5. The fourth-order valence-corrected chi connectivity index (χ4v) is 2.85. The van der Waals surface area contributed by atoms with Gasteiger partial charge in [-0.2, -0.15) is 0 Å². The molecule has 0 radical (unpaired) electrons. The van der Waals surface area contributed by atoms with E-state index in [-0.39, 0.29) is 5.91 Å². The van der Waals surface area contributed by atoms with Gasteiger partial charge < -0.3 is 10.6 Å². The molecular formula is C15H27N3O. The highest BCUT2D eigenvalue weighted by Crippen LogP contribution is 2.34. The van der Waals surface area contributed by atoms with Gasteiger partial charge in [-0.25, -0.2) is 0 Å². The molecule has 108 valence electrons. The first-order valence-corrected chi connectivity index (χ1v) is 7.85. The molecule has 3 aliphatic carbocycles. The van der Waals surface area contributed by atoms with Crippen LogP contribution in [-0.4, -0.2) is 42.0 Å². The second-order valence-corrected chi connectivity index (χ2v) is 7.20. The van der Waals surface area contributed by atoms with Crippen molar-refractivity contribution in [1.29, 1.82) is 0 Å². The molecule has 3 N–H and O–H groups in total. The second kappa shape index (κ2) is 5.06. The second-order valence-electron chi connectivity index (χ2n) is 7.20. The lowest BCUT2D eigenvalue weighted by molar-refractivity contribution is -0.124. The molecule has 1 amide bonds. The maximum Gasteiger partial charge on any atom is 0.238 e. The average Bonchev–Trinajstić information content (AvgIpc) is 3.16. The Hall–Kier alpha value is -0.610. The minimum Gasteiger partial charge on any atom is -0.368 e. The zero-order valence-corrected chi connectivity index (χ0v) is 12.0. The van der Waals surface area contributed by atoms with Crippen molar-refractivity contribution in [2.75, 3.05) is 19.6 Å². The van der Waals surface area contributed by atoms with Crippen LogP contribution in [0, 0.1) is 11.8 Å². The summed E-state index contributed by atoms with van der Waals surface area (Å²) in [7, 11) is 0. The highest BCUT2D eigenvalue weighted by Gasteiger charge is 2.40. The van der Waals surface area contributed by atoms with Gasteiger partial charge in [0.1, 0.15) is 5.54 Å². The van der Waals surface area contributed by atoms with Gasteiger partial charge in [-0.3, -0.25) is 10.1 Å². The van der Waals surface area contributed by atoms with E-state index < -0.39 is 5.54 Å². The van der Waals surface area contributed by atoms with Gasteiger partial charge in [0.2, 0.25) is 5.91 Å². The van der Waals surface area contributed by atoms with Crippen LogP contribution in [0.15, 0.2) is 0 Å². The van der Waals surface area contributed by atoms with Crippen LogP contribution in [0.1, 0.15) is 45.4 Å². The van der Waals surface area contributed by atoms with Crippen LogP contribution in [0.25, 0.3) is 0 Å². The maximum absolute atomic E-state index is 11.9. The Balaban J connectivity index is 1.59. The Bertz CT molecular complexity index is 333. The monoisotopic (exact) mass is 265 g/mol. The molecule has 0 aromatic carbocycles. The third-order valence-corrected chi connectivity index (χ3v) is 4.61. The number of primary amides is 1. The Morgan fingerprint density at radius 1 is 1.16 bits per heavy atom. The van der Waals surface area contributed by atoms with Crippen molar-refractivity contribution in [3.63, 3.8) is 0 Å². The third kappa shape index (κ3) is 3.93. The summed E-state index contributed by atoms with van der Waals surface area (Å²) in [5, 5.41) is 3.47. The quantitative estimate of drug-likeness (QED) is 0.656. The summed E-state index contributed by atoms with van der Waals surface area (Å²) in [5.74, 6) is 1.55. The van der Waals surface area contributed by atoms with E-state index in [1.165, 1.54) is 38.5 Å². The summed E-state index contributed by atoms with van der Waals surface area (Å²) in [4.78, 5) is 14.4. The van der Waals surface area contributed by atoms with Gasteiger partial charge in [-0.05, 0) is 57.3 Å². The van der Waals surface area contributed by atoms with Crippen molar-refractivity contribution in [3.05, 3.63) is 0 Å². The molecule has 19 heavy (non-hydrogen) atoms. The number of hydrogen-bond acceptors (Lipinski definition) is 3. The smallest absolute Gasteiger partial charge is 0.238 e. The first-order chi connectivity index (χ1) is 9.05. The van der Waals surface area contributed by atoms with E-state index in [1.54, 1.807) is 0 Å². The van der Waals surface area contributed by atoms with Crippen molar-refractivity contribution in [3.8, 4) is 0 Å². The van der Waals surface area contributed by atoms with Gasteiger partial charge in [0.05, 0.1) is 0 Å². The number of carbonyl (C=O) groups is 1. The van der Waals surface area contributed by atoms with E-state index >= 15 is 0 Å². The number of hydrogen-bond donors (Lipinski definition) is 2. The standard InChI is InChI=1S/C15H27N3O/c1-15(14(16)19,17-13-6-7-13)10-18(8-11-2-3-11)9-12-4-5-12/h11-13,17H,2-10H2,1H3,(H2,16,19). The largest absolute Gasteiger partial charge is 0.368 e. The van der Waals surface area contributed by atoms with Gasteiger partial charge in [-0.15, -0.1) is 0 Å². The predicted molar refractivity (Wildman–Crippen MR) is 75.6 cm³/mol. The topological polar surface area (TPSA) is 58.4 Å². The van der Waals surface area contributed by atoms with E-state index in [0.717, 1.165) is 31.5 Å². The Morgan fingerprint density at radius 3 is 2.05 bits per heavy atom. The summed E-state index contributed by atoms with van der Waals surface area (Å²) >= 11 is 0. The van der Waals surface area contributed by atoms with Crippen LogP contribution in [0.3, 0.4) is 0 Å². The summed E-state index contributed by atoms with van der Waals surface area (Å²) in [6.45, 7) is 5.09. The SMILES string of the molecule is CC(CN(CC1CC1)CC1CC1)(NC1CC1)C(N)=O. The number of nitrogens with two attached hydrogens (primary N) is 1. The number of nitrogens with zero attached hydrogens (tertiary/aromatic N) is 1. The van der Waals surface area contributed by atoms with E-state index in [4.69, 9.17) is 5.73 Å². The molecule has 0 aromatic heterocycles. The zero-order valence-electron chi connectivity index (χ0n) is 12.0. The van der Waals surface area contributed by atoms with Crippen molar-refractivity contribution in [2.24, 2.45) is 17.6 Å². The summed E-state index contributed by atoms with van der Waals surface area (Å²) in [6, 6.07) is 0.515. The molecule has 0 aromatic rings. The molecule has 3 fully saturated rings. The fourth-order valence-electron chi connectivity index (χ4n) is 2.85. The Kier molecular flexibility index (Phi) is 3.56. The first-order valence-electron chi connectivity index (χ1n) is 7.85. The highest BCUT2D eigenvalue weighted by molar-refractivity contribution is 5.84. The molecule has 4 heteroatoms. The van der Waals surface area contributed by atoms with E-state index in [1.807, 2.05) is 6.92 Å². The fraction of sp³-hybridized carbons (Fsp3) is 0.933. The van der Waals surface area contributed by atoms with Crippen molar-refractivity contribution < 1.29 is 4.79 Å². The normalized spacial score (nSPS) is 26.4. The van der Waals surface area contributed by atoms with Gasteiger partial charge in [0, 0.05) is 25.7 Å². The molecule has 3 saturated carbocycles. The van der Waals surface area contributed by atoms with Gasteiger partial charge in [0.15, 0.2) is 0 Å². The van der Waals surface area contributed by atoms with Gasteiger partial charge >= 0.3 is 0 Å². The van der Waals surface area contributed by atoms with Gasteiger partial charge in [0.25, 0.3) is 0 Å². The molecule has 0 bridgehead atoms. The third-order valence-electron chi connectivity index (χ3n) is 4.61. The van der Waals surface area contributed by atoms with E-state index in [9.17, 15) is 4.79 Å². The van der Waals surface area contributed by atoms with Crippen molar-refractivity contribution in [2.45, 2.75) is 57.0 Å². The molecule has 4 nitrogen and oxygen atoms in total. The summed E-state index contributed by atoms with van der Waals surface area (Å²) < 4.78 is 0. The minimum absolute atomic E-state index is 0.198. The molecule has 0 heterocycles. The molecule has 3 rings (SSSR count). The molecule has 0 spiro atoms. The molecule has 0 aliphatic heterocycles. The maximum atomic E-state index is 11.9. The Labute approximate surface area is 116 Å². The summed E-state index contributed by atoms with van der Waals surface area (Å²) in [6.07, 6.45) is 7.84. The number of nitrogens with one attached hydrogen (secondary N) is 1. The van der Waals surface area contributed by atoms with Crippen LogP contribution in [-0.2, 0) is 4.79 Å². The van der Waals surface area contributed by atoms with Crippen LogP contribution in [0.4, 0.5) is 0 Å². The number of rotatable bonds is 9. The molecule has 3 aliphatic rings. The Morgan fingerprint density at radius 2 is 1.68 bits per heavy atom. The van der Waals surface area contributed by atoms with Crippen LogP contribution in [0.2, 0.25) is 0 Å². The first kappa shape index (κ1) is 13.4. The summed E-state index contributed by atoms with van der Waals surface area (Å²) in [5.41, 5.74) is 5.11. The lowest BCUT2D eigenvalue weighted by Gasteiger charge is -2.34. The lowest BCUT2D eigenvalue weighted by Crippen LogP contribution is -2.60. The van der Waals surface area contributed by atoms with E-state index in [0.29, 0.717) is 6.04 Å². The number of amides is 1. The molecule has 1 atom stereocenters. The van der Waals surface area contributed by atoms with Crippen LogP contribution in [0.5, 0.6) is 0 Å². The van der Waals surface area contributed by atoms with E-state index in [2.05, 4.69) is 10.2 Å². The lowest BCUT2D eigenvalue weighted by atomic mass is 10.00. The van der Waals surface area contributed by atoms with Crippen LogP contribution < -0.4 is 11.1 Å². The minimum atomic E-state index is -0.551. The predicted octanol–water partition coefficient (Wildman–Crippen LogP) is 1.10. The van der Waals surface area contributed by atoms with Crippen LogP contribution >= 0.6 is 0 Å². The average molecular weight is 265 g/mol.